The summed E-state index contributed by atoms with van der Waals surface area (Å²) in [4.78, 5) is 11.3. The third-order valence-corrected chi connectivity index (χ3v) is 5.94. The highest BCUT2D eigenvalue weighted by atomic mass is 16.5. The molecule has 2 N–H and O–H groups in total. The van der Waals surface area contributed by atoms with Gasteiger partial charge in [0.05, 0.1) is 0 Å². The third-order valence-electron chi connectivity index (χ3n) is 5.94. The summed E-state index contributed by atoms with van der Waals surface area (Å²) < 4.78 is 5.48. The average Bonchev–Trinajstić information content (AvgIpc) is 2.82. The fraction of sp³-hybridized carbons (Fsp3) is 0.526. The van der Waals surface area contributed by atoms with Gasteiger partial charge < -0.3 is 10.5 Å². The van der Waals surface area contributed by atoms with E-state index in [1.807, 2.05) is 30.3 Å². The van der Waals surface area contributed by atoms with E-state index in [1.165, 1.54) is 18.9 Å². The van der Waals surface area contributed by atoms with E-state index in [1.54, 1.807) is 0 Å². The normalized spacial score (nSPS) is 31.0. The zero-order valence-corrected chi connectivity index (χ0v) is 13.8. The van der Waals surface area contributed by atoms with Gasteiger partial charge in [-0.25, -0.2) is 4.79 Å². The molecule has 3 heteroatoms. The summed E-state index contributed by atoms with van der Waals surface area (Å²) in [7, 11) is 0. The highest BCUT2D eigenvalue weighted by Gasteiger charge is 2.62. The molecule has 0 spiro atoms. The van der Waals surface area contributed by atoms with Crippen molar-refractivity contribution in [1.29, 1.82) is 0 Å². The van der Waals surface area contributed by atoms with Crippen molar-refractivity contribution in [2.45, 2.75) is 46.1 Å². The molecule has 1 aromatic rings. The monoisotopic (exact) mass is 301 g/mol. The molecule has 2 aliphatic rings. The van der Waals surface area contributed by atoms with Gasteiger partial charge in [0, 0.05) is 17.2 Å². The highest BCUT2D eigenvalue weighted by molar-refractivity contribution is 5.81. The molecule has 2 saturated carbocycles. The second-order valence-corrected chi connectivity index (χ2v) is 7.15. The van der Waals surface area contributed by atoms with Crippen molar-refractivity contribution in [1.82, 2.24) is 0 Å². The number of nitrogens with two attached hydrogens (primary N) is 1. The summed E-state index contributed by atoms with van der Waals surface area (Å²) in [5, 5.41) is 0. The lowest BCUT2D eigenvalue weighted by Crippen LogP contribution is -2.38. The van der Waals surface area contributed by atoms with Crippen LogP contribution in [0.4, 0.5) is 5.69 Å². The third kappa shape index (κ3) is 2.90. The van der Waals surface area contributed by atoms with Crippen molar-refractivity contribution in [3.63, 3.8) is 0 Å². The van der Waals surface area contributed by atoms with E-state index < -0.39 is 0 Å². The predicted octanol–water partition coefficient (Wildman–Crippen LogP) is 4.20. The van der Waals surface area contributed by atoms with Crippen LogP contribution in [0, 0.1) is 16.7 Å². The minimum Gasteiger partial charge on any atom is -0.459 e. The van der Waals surface area contributed by atoms with E-state index >= 15 is 0 Å². The van der Waals surface area contributed by atoms with Crippen molar-refractivity contribution < 1.29 is 9.53 Å². The molecule has 0 saturated heterocycles. The number of carbonyl (C=O) groups excluding carboxylic acids is 1. The van der Waals surface area contributed by atoms with Crippen molar-refractivity contribution in [3.05, 3.63) is 43.0 Å². The van der Waals surface area contributed by atoms with Crippen LogP contribution >= 0.6 is 0 Å². The highest BCUT2D eigenvalue weighted by Crippen LogP contribution is 2.66. The fourth-order valence-electron chi connectivity index (χ4n) is 3.95. The molecule has 2 aliphatic carbocycles. The molecule has 0 aliphatic heterocycles. The summed E-state index contributed by atoms with van der Waals surface area (Å²) in [5.41, 5.74) is 6.65. The molecule has 2 fully saturated rings. The molecule has 0 aromatic heterocycles. The Bertz CT molecular complexity index is 538. The molecule has 0 heterocycles. The first-order chi connectivity index (χ1) is 10.3. The van der Waals surface area contributed by atoms with E-state index in [-0.39, 0.29) is 17.5 Å². The lowest BCUT2D eigenvalue weighted by Gasteiger charge is -2.38. The Balaban J connectivity index is 0.000000211. The van der Waals surface area contributed by atoms with Crippen LogP contribution in [0.5, 0.6) is 0 Å². The van der Waals surface area contributed by atoms with Crippen molar-refractivity contribution in [2.24, 2.45) is 16.7 Å². The Morgan fingerprint density at radius 1 is 1.32 bits per heavy atom. The van der Waals surface area contributed by atoms with Gasteiger partial charge in [-0.05, 0) is 42.7 Å². The molecule has 3 unspecified atom stereocenters. The number of nitrogen functional groups attached to an aromatic ring is 1. The molecule has 22 heavy (non-hydrogen) atoms. The van der Waals surface area contributed by atoms with Crippen LogP contribution in [0.1, 0.15) is 40.0 Å². The number of para-hydroxylation sites is 1. The van der Waals surface area contributed by atoms with Crippen LogP contribution in [0.3, 0.4) is 0 Å². The zero-order chi connectivity index (χ0) is 16.4. The second kappa shape index (κ2) is 6.15. The van der Waals surface area contributed by atoms with Gasteiger partial charge >= 0.3 is 5.97 Å². The van der Waals surface area contributed by atoms with Gasteiger partial charge in [-0.1, -0.05) is 45.5 Å². The molecule has 120 valence electrons. The van der Waals surface area contributed by atoms with E-state index in [0.717, 1.165) is 12.1 Å². The largest absolute Gasteiger partial charge is 0.459 e. The summed E-state index contributed by atoms with van der Waals surface area (Å²) >= 11 is 0. The number of carbonyl (C=O) groups is 1. The van der Waals surface area contributed by atoms with Crippen molar-refractivity contribution >= 4 is 11.7 Å². The number of hydrogen-bond acceptors (Lipinski definition) is 3. The maximum atomic E-state index is 11.3. The van der Waals surface area contributed by atoms with Gasteiger partial charge in [0.1, 0.15) is 6.10 Å². The van der Waals surface area contributed by atoms with E-state index in [2.05, 4.69) is 27.4 Å². The molecule has 0 amide bonds. The molecule has 2 bridgehead atoms. The predicted molar refractivity (Wildman–Crippen MR) is 90.2 cm³/mol. The zero-order valence-electron chi connectivity index (χ0n) is 13.8. The van der Waals surface area contributed by atoms with Gasteiger partial charge in [0.15, 0.2) is 0 Å². The molecular weight excluding hydrogens is 274 g/mol. The van der Waals surface area contributed by atoms with E-state index in [0.29, 0.717) is 11.3 Å². The molecule has 0 radical (unpaired) electrons. The minimum absolute atomic E-state index is 0.0942. The number of esters is 1. The quantitative estimate of drug-likeness (QED) is 0.506. The Labute approximate surface area is 133 Å². The van der Waals surface area contributed by atoms with Crippen LogP contribution in [0.2, 0.25) is 0 Å². The second-order valence-electron chi connectivity index (χ2n) is 7.15. The standard InChI is InChI=1S/C13H20O2.C6H7N/c1-5-11(14)15-10-8-9-6-7-13(10,4)12(9,2)3;7-6-4-2-1-3-5-6/h5,9-10H,1,6-8H2,2-4H3;1-5H,7H2. The van der Waals surface area contributed by atoms with E-state index in [9.17, 15) is 4.79 Å². The van der Waals surface area contributed by atoms with Gasteiger partial charge in [-0.15, -0.1) is 0 Å². The summed E-state index contributed by atoms with van der Waals surface area (Å²) in [6.07, 6.45) is 4.85. The summed E-state index contributed by atoms with van der Waals surface area (Å²) in [5.74, 6) is 0.440. The molecule has 3 rings (SSSR count). The average molecular weight is 301 g/mol. The Morgan fingerprint density at radius 3 is 2.32 bits per heavy atom. The number of rotatable bonds is 2. The van der Waals surface area contributed by atoms with Crippen LogP contribution in [0.25, 0.3) is 0 Å². The fourth-order valence-corrected chi connectivity index (χ4v) is 3.95. The lowest BCUT2D eigenvalue weighted by atomic mass is 9.70. The summed E-state index contributed by atoms with van der Waals surface area (Å²) in [6.45, 7) is 10.3. The number of anilines is 1. The van der Waals surface area contributed by atoms with Gasteiger partial charge in [0.25, 0.3) is 0 Å². The van der Waals surface area contributed by atoms with Crippen LogP contribution in [0.15, 0.2) is 43.0 Å². The Morgan fingerprint density at radius 2 is 1.95 bits per heavy atom. The molecule has 3 nitrogen and oxygen atoms in total. The van der Waals surface area contributed by atoms with Crippen LogP contribution in [-0.4, -0.2) is 12.1 Å². The Hall–Kier alpha value is -1.77. The first-order valence-electron chi connectivity index (χ1n) is 7.95. The SMILES string of the molecule is C=CC(=O)OC1CC2CCC1(C)C2(C)C.Nc1ccccc1. The Kier molecular flexibility index (Phi) is 4.64. The van der Waals surface area contributed by atoms with Crippen molar-refractivity contribution in [3.8, 4) is 0 Å². The van der Waals surface area contributed by atoms with Gasteiger partial charge in [-0.2, -0.15) is 0 Å². The number of fused-ring (bicyclic) bond motifs is 2. The van der Waals surface area contributed by atoms with E-state index in [4.69, 9.17) is 10.5 Å². The van der Waals surface area contributed by atoms with Crippen LogP contribution in [-0.2, 0) is 9.53 Å². The van der Waals surface area contributed by atoms with Crippen molar-refractivity contribution in [2.75, 3.05) is 5.73 Å². The van der Waals surface area contributed by atoms with Gasteiger partial charge in [-0.3, -0.25) is 0 Å². The number of hydrogen-bond donors (Lipinski definition) is 1. The number of ether oxygens (including phenoxy) is 1. The van der Waals surface area contributed by atoms with Gasteiger partial charge in [0.2, 0.25) is 0 Å². The molecule has 1 aromatic carbocycles. The maximum Gasteiger partial charge on any atom is 0.330 e. The molecular formula is C19H27NO2. The molecule has 3 atom stereocenters. The lowest BCUT2D eigenvalue weighted by molar-refractivity contribution is -0.150. The topological polar surface area (TPSA) is 52.3 Å². The smallest absolute Gasteiger partial charge is 0.330 e. The first-order valence-corrected chi connectivity index (χ1v) is 7.95. The maximum absolute atomic E-state index is 11.3. The summed E-state index contributed by atoms with van der Waals surface area (Å²) in [6, 6.07) is 9.49. The number of benzene rings is 1. The van der Waals surface area contributed by atoms with Crippen LogP contribution < -0.4 is 5.73 Å². The minimum atomic E-state index is -0.274. The first kappa shape index (κ1) is 16.6.